The molecule has 0 fully saturated rings. The average molecular weight is 277 g/mol. The molecule has 0 spiro atoms. The first-order valence-electron chi connectivity index (χ1n) is 6.62. The van der Waals surface area contributed by atoms with Crippen molar-refractivity contribution in [2.24, 2.45) is 4.99 Å². The highest BCUT2D eigenvalue weighted by molar-refractivity contribution is 7.99. The molecular weight excluding hydrogens is 258 g/mol. The highest BCUT2D eigenvalue weighted by Gasteiger charge is 2.09. The Morgan fingerprint density at radius 3 is 3.05 bits per heavy atom. The average Bonchev–Trinajstić information content (AvgIpc) is 2.38. The molecule has 102 valence electrons. The Morgan fingerprint density at radius 2 is 2.32 bits per heavy atom. The number of aromatic nitrogens is 2. The van der Waals surface area contributed by atoms with Crippen molar-refractivity contribution in [3.05, 3.63) is 33.8 Å². The summed E-state index contributed by atoms with van der Waals surface area (Å²) in [5.74, 6) is 0.891. The van der Waals surface area contributed by atoms with E-state index in [0.717, 1.165) is 37.3 Å². The van der Waals surface area contributed by atoms with E-state index >= 15 is 0 Å². The van der Waals surface area contributed by atoms with E-state index < -0.39 is 0 Å². The fraction of sp³-hybridized carbons (Fsp3) is 0.500. The largest absolute Gasteiger partial charge is 0.301 e. The van der Waals surface area contributed by atoms with E-state index in [0.29, 0.717) is 5.16 Å². The Hall–Kier alpha value is -1.36. The molecule has 1 aromatic heterocycles. The Morgan fingerprint density at radius 1 is 1.47 bits per heavy atom. The molecule has 1 aromatic rings. The van der Waals surface area contributed by atoms with Crippen LogP contribution in [0.25, 0.3) is 0 Å². The van der Waals surface area contributed by atoms with E-state index in [1.807, 2.05) is 6.92 Å². The van der Waals surface area contributed by atoms with Crippen LogP contribution in [0.4, 0.5) is 0 Å². The minimum absolute atomic E-state index is 0.0841. The van der Waals surface area contributed by atoms with E-state index in [1.165, 1.54) is 17.4 Å². The van der Waals surface area contributed by atoms with Gasteiger partial charge in [0.15, 0.2) is 5.16 Å². The molecule has 2 heterocycles. The van der Waals surface area contributed by atoms with Gasteiger partial charge in [0, 0.05) is 29.8 Å². The predicted octanol–water partition coefficient (Wildman–Crippen LogP) is 2.74. The van der Waals surface area contributed by atoms with Gasteiger partial charge in [0.25, 0.3) is 5.56 Å². The second-order valence-electron chi connectivity index (χ2n) is 4.49. The molecule has 2 rings (SSSR count). The SMILES string of the molecule is CCC1=CCCN=C1CCSc1nc(C)cc(=O)[nH]1. The van der Waals surface area contributed by atoms with Crippen LogP contribution in [-0.4, -0.2) is 28.0 Å². The second-order valence-corrected chi connectivity index (χ2v) is 5.57. The van der Waals surface area contributed by atoms with E-state index in [4.69, 9.17) is 0 Å². The smallest absolute Gasteiger partial charge is 0.251 e. The van der Waals surface area contributed by atoms with Crippen molar-refractivity contribution in [1.82, 2.24) is 9.97 Å². The standard InChI is InChI=1S/C14H19N3OS/c1-3-11-5-4-7-15-12(11)6-8-19-14-16-10(2)9-13(18)17-14/h5,9H,3-4,6-8H2,1-2H3,(H,16,17,18). The fourth-order valence-electron chi connectivity index (χ4n) is 2.11. The maximum absolute atomic E-state index is 11.3. The molecule has 5 heteroatoms. The number of rotatable bonds is 5. The lowest BCUT2D eigenvalue weighted by atomic mass is 10.0. The van der Waals surface area contributed by atoms with Gasteiger partial charge >= 0.3 is 0 Å². The van der Waals surface area contributed by atoms with Gasteiger partial charge < -0.3 is 4.98 Å². The number of H-pyrrole nitrogens is 1. The molecule has 1 aliphatic rings. The number of thioether (sulfide) groups is 1. The van der Waals surface area contributed by atoms with Gasteiger partial charge in [-0.1, -0.05) is 24.8 Å². The molecule has 0 aliphatic carbocycles. The third kappa shape index (κ3) is 4.06. The number of aliphatic imine (C=N–C) groups is 1. The van der Waals surface area contributed by atoms with Crippen molar-refractivity contribution < 1.29 is 0 Å². The summed E-state index contributed by atoms with van der Waals surface area (Å²) in [6, 6.07) is 1.51. The van der Waals surface area contributed by atoms with Gasteiger partial charge in [-0.15, -0.1) is 0 Å². The minimum atomic E-state index is -0.0841. The molecule has 0 amide bonds. The monoisotopic (exact) mass is 277 g/mol. The number of dihydropyridines is 1. The maximum atomic E-state index is 11.3. The molecule has 0 unspecified atom stereocenters. The zero-order valence-corrected chi connectivity index (χ0v) is 12.2. The molecule has 4 nitrogen and oxygen atoms in total. The first-order chi connectivity index (χ1) is 9.19. The lowest BCUT2D eigenvalue weighted by Gasteiger charge is -2.13. The zero-order valence-electron chi connectivity index (χ0n) is 11.4. The van der Waals surface area contributed by atoms with Gasteiger partial charge in [0.1, 0.15) is 0 Å². The molecule has 1 aliphatic heterocycles. The van der Waals surface area contributed by atoms with Crippen LogP contribution in [0.15, 0.2) is 32.7 Å². The summed E-state index contributed by atoms with van der Waals surface area (Å²) in [6.45, 7) is 4.91. The molecule has 1 N–H and O–H groups in total. The van der Waals surface area contributed by atoms with Crippen LogP contribution in [0.5, 0.6) is 0 Å². The lowest BCUT2D eigenvalue weighted by Crippen LogP contribution is -2.11. The van der Waals surface area contributed by atoms with Gasteiger partial charge in [0.2, 0.25) is 0 Å². The number of aryl methyl sites for hydroxylation is 1. The van der Waals surface area contributed by atoms with Crippen LogP contribution >= 0.6 is 11.8 Å². The number of aromatic amines is 1. The van der Waals surface area contributed by atoms with E-state index in [2.05, 4.69) is 28.0 Å². The quantitative estimate of drug-likeness (QED) is 0.665. The third-order valence-electron chi connectivity index (χ3n) is 3.00. The fourth-order valence-corrected chi connectivity index (χ4v) is 2.98. The number of allylic oxidation sites excluding steroid dienone is 1. The maximum Gasteiger partial charge on any atom is 0.251 e. The Labute approximate surface area is 117 Å². The summed E-state index contributed by atoms with van der Waals surface area (Å²) >= 11 is 1.58. The van der Waals surface area contributed by atoms with Crippen LogP contribution in [0.1, 0.15) is 31.9 Å². The van der Waals surface area contributed by atoms with E-state index in [-0.39, 0.29) is 5.56 Å². The topological polar surface area (TPSA) is 58.1 Å². The van der Waals surface area contributed by atoms with Gasteiger partial charge in [-0.3, -0.25) is 9.79 Å². The van der Waals surface area contributed by atoms with Gasteiger partial charge in [0.05, 0.1) is 0 Å². The number of hydrogen-bond acceptors (Lipinski definition) is 4. The van der Waals surface area contributed by atoms with E-state index in [1.54, 1.807) is 11.8 Å². The van der Waals surface area contributed by atoms with Crippen LogP contribution in [0.2, 0.25) is 0 Å². The highest BCUT2D eigenvalue weighted by Crippen LogP contribution is 2.18. The van der Waals surface area contributed by atoms with Crippen LogP contribution in [-0.2, 0) is 0 Å². The molecule has 0 atom stereocenters. The normalized spacial score (nSPS) is 15.1. The molecular formula is C14H19N3OS. The molecule has 0 saturated heterocycles. The number of hydrogen-bond donors (Lipinski definition) is 1. The summed E-state index contributed by atoms with van der Waals surface area (Å²) in [5, 5.41) is 0.698. The first-order valence-corrected chi connectivity index (χ1v) is 7.61. The van der Waals surface area contributed by atoms with E-state index in [9.17, 15) is 4.79 Å². The predicted molar refractivity (Wildman–Crippen MR) is 80.2 cm³/mol. The molecule has 0 radical (unpaired) electrons. The lowest BCUT2D eigenvalue weighted by molar-refractivity contribution is 0.903. The molecule has 0 aromatic carbocycles. The summed E-state index contributed by atoms with van der Waals surface area (Å²) in [5.41, 5.74) is 3.27. The summed E-state index contributed by atoms with van der Waals surface area (Å²) < 4.78 is 0. The Balaban J connectivity index is 1.91. The number of nitrogens with zero attached hydrogens (tertiary/aromatic N) is 2. The van der Waals surface area contributed by atoms with Gasteiger partial charge in [-0.2, -0.15) is 0 Å². The summed E-state index contributed by atoms with van der Waals surface area (Å²) in [6.07, 6.45) is 5.33. The Bertz CT molecular complexity index is 560. The zero-order chi connectivity index (χ0) is 13.7. The van der Waals surface area contributed by atoms with Crippen LogP contribution < -0.4 is 5.56 Å². The molecule has 19 heavy (non-hydrogen) atoms. The van der Waals surface area contributed by atoms with Crippen molar-refractivity contribution in [3.63, 3.8) is 0 Å². The van der Waals surface area contributed by atoms with Crippen molar-refractivity contribution in [1.29, 1.82) is 0 Å². The minimum Gasteiger partial charge on any atom is -0.301 e. The summed E-state index contributed by atoms with van der Waals surface area (Å²) in [4.78, 5) is 23.0. The highest BCUT2D eigenvalue weighted by atomic mass is 32.2. The second kappa shape index (κ2) is 6.70. The van der Waals surface area contributed by atoms with Gasteiger partial charge in [-0.25, -0.2) is 4.98 Å². The Kier molecular flexibility index (Phi) is 4.96. The molecule has 0 bridgehead atoms. The summed E-state index contributed by atoms with van der Waals surface area (Å²) in [7, 11) is 0. The van der Waals surface area contributed by atoms with Gasteiger partial charge in [-0.05, 0) is 31.8 Å². The van der Waals surface area contributed by atoms with Crippen LogP contribution in [0, 0.1) is 6.92 Å². The van der Waals surface area contributed by atoms with Crippen LogP contribution in [0.3, 0.4) is 0 Å². The third-order valence-corrected chi connectivity index (χ3v) is 3.87. The van der Waals surface area contributed by atoms with Crippen molar-refractivity contribution in [2.45, 2.75) is 38.3 Å². The molecule has 0 saturated carbocycles. The first kappa shape index (κ1) is 14.1. The van der Waals surface area contributed by atoms with Crippen molar-refractivity contribution >= 4 is 17.5 Å². The number of nitrogens with one attached hydrogen (secondary N) is 1. The van der Waals surface area contributed by atoms with Crippen molar-refractivity contribution in [3.8, 4) is 0 Å². The van der Waals surface area contributed by atoms with Crippen molar-refractivity contribution in [2.75, 3.05) is 12.3 Å².